The first-order chi connectivity index (χ1) is 6.20. The molecule has 0 aliphatic rings. The molecule has 1 nitrogen and oxygen atoms in total. The van der Waals surface area contributed by atoms with Gasteiger partial charge in [-0.1, -0.05) is 44.7 Å². The number of hydrogen-bond acceptors (Lipinski definition) is 1. The van der Waals surface area contributed by atoms with E-state index in [2.05, 4.69) is 6.58 Å². The van der Waals surface area contributed by atoms with Crippen molar-refractivity contribution in [3.8, 4) is 0 Å². The lowest BCUT2D eigenvalue weighted by atomic mass is 10.2. The van der Waals surface area contributed by atoms with E-state index in [1.807, 2.05) is 39.0 Å². The first-order valence-corrected chi connectivity index (χ1v) is 4.71. The lowest BCUT2D eigenvalue weighted by Crippen LogP contribution is -1.86. The molecule has 0 bridgehead atoms. The third-order valence-electron chi connectivity index (χ3n) is 1.11. The molecule has 74 valence electrons. The minimum atomic E-state index is -0.361. The van der Waals surface area contributed by atoms with Crippen molar-refractivity contribution in [2.75, 3.05) is 0 Å². The molecule has 0 aliphatic heterocycles. The molecule has 0 fully saturated rings. The van der Waals surface area contributed by atoms with E-state index in [1.54, 1.807) is 6.08 Å². The molecule has 2 heteroatoms. The Morgan fingerprint density at radius 3 is 2.31 bits per heavy atom. The van der Waals surface area contributed by atoms with Crippen molar-refractivity contribution in [3.63, 3.8) is 0 Å². The molecular formula is C11H17ClO. The maximum atomic E-state index is 10.4. The SMILES string of the molecule is C=C/C(=C\C=C/C)CC(=O)Cl.CC. The Bertz CT molecular complexity index is 202. The summed E-state index contributed by atoms with van der Waals surface area (Å²) in [6, 6.07) is 0. The summed E-state index contributed by atoms with van der Waals surface area (Å²) in [5, 5.41) is -0.361. The van der Waals surface area contributed by atoms with E-state index in [0.29, 0.717) is 0 Å². The lowest BCUT2D eigenvalue weighted by molar-refractivity contribution is -0.111. The highest BCUT2D eigenvalue weighted by molar-refractivity contribution is 6.63. The maximum Gasteiger partial charge on any atom is 0.226 e. The zero-order valence-electron chi connectivity index (χ0n) is 8.51. The number of carbonyl (C=O) groups is 1. The summed E-state index contributed by atoms with van der Waals surface area (Å²) in [5.41, 5.74) is 0.836. The summed E-state index contributed by atoms with van der Waals surface area (Å²) in [6.07, 6.45) is 7.40. The molecule has 0 saturated carbocycles. The Labute approximate surface area is 85.8 Å². The zero-order valence-corrected chi connectivity index (χ0v) is 9.27. The van der Waals surface area contributed by atoms with E-state index in [4.69, 9.17) is 11.6 Å². The van der Waals surface area contributed by atoms with E-state index in [-0.39, 0.29) is 11.7 Å². The van der Waals surface area contributed by atoms with Crippen LogP contribution in [-0.4, -0.2) is 5.24 Å². The summed E-state index contributed by atoms with van der Waals surface area (Å²) in [4.78, 5) is 10.4. The van der Waals surface area contributed by atoms with Crippen LogP contribution in [0.5, 0.6) is 0 Å². The van der Waals surface area contributed by atoms with Crippen molar-refractivity contribution in [1.82, 2.24) is 0 Å². The van der Waals surface area contributed by atoms with Crippen LogP contribution in [0.2, 0.25) is 0 Å². The first kappa shape index (κ1) is 14.7. The first-order valence-electron chi connectivity index (χ1n) is 4.33. The molecule has 0 heterocycles. The molecule has 0 unspecified atom stereocenters. The van der Waals surface area contributed by atoms with Crippen molar-refractivity contribution in [1.29, 1.82) is 0 Å². The number of allylic oxidation sites excluding steroid dienone is 5. The summed E-state index contributed by atoms with van der Waals surface area (Å²) >= 11 is 5.18. The normalized spacial score (nSPS) is 10.6. The van der Waals surface area contributed by atoms with Crippen LogP contribution in [0.1, 0.15) is 27.2 Å². The van der Waals surface area contributed by atoms with Gasteiger partial charge in [-0.15, -0.1) is 0 Å². The molecule has 0 spiro atoms. The Hall–Kier alpha value is -0.820. The van der Waals surface area contributed by atoms with Crippen LogP contribution in [0.25, 0.3) is 0 Å². The molecule has 0 aromatic carbocycles. The van der Waals surface area contributed by atoms with Crippen LogP contribution >= 0.6 is 11.6 Å². The average molecular weight is 201 g/mol. The van der Waals surface area contributed by atoms with E-state index in [1.165, 1.54) is 0 Å². The van der Waals surface area contributed by atoms with Gasteiger partial charge in [-0.2, -0.15) is 0 Å². The van der Waals surface area contributed by atoms with Crippen molar-refractivity contribution in [2.24, 2.45) is 0 Å². The van der Waals surface area contributed by atoms with Gasteiger partial charge in [0.15, 0.2) is 0 Å². The van der Waals surface area contributed by atoms with Crippen molar-refractivity contribution in [2.45, 2.75) is 27.2 Å². The van der Waals surface area contributed by atoms with Crippen LogP contribution < -0.4 is 0 Å². The number of hydrogen-bond donors (Lipinski definition) is 0. The predicted octanol–water partition coefficient (Wildman–Crippen LogP) is 3.86. The minimum Gasteiger partial charge on any atom is -0.281 e. The zero-order chi connectivity index (χ0) is 10.7. The monoisotopic (exact) mass is 200 g/mol. The second-order valence-corrected chi connectivity index (χ2v) is 2.42. The van der Waals surface area contributed by atoms with Gasteiger partial charge in [-0.05, 0) is 24.1 Å². The van der Waals surface area contributed by atoms with Gasteiger partial charge in [0.05, 0.1) is 0 Å². The van der Waals surface area contributed by atoms with Gasteiger partial charge in [0.1, 0.15) is 0 Å². The Morgan fingerprint density at radius 2 is 2.00 bits per heavy atom. The highest BCUT2D eigenvalue weighted by Gasteiger charge is 1.96. The molecule has 0 aromatic heterocycles. The molecule has 0 saturated heterocycles. The molecule has 0 amide bonds. The number of carbonyl (C=O) groups excluding carboxylic acids is 1. The topological polar surface area (TPSA) is 17.1 Å². The van der Waals surface area contributed by atoms with E-state index < -0.39 is 0 Å². The molecule has 13 heavy (non-hydrogen) atoms. The van der Waals surface area contributed by atoms with Gasteiger partial charge in [0.25, 0.3) is 0 Å². The average Bonchev–Trinajstić information content (AvgIpc) is 2.15. The predicted molar refractivity (Wildman–Crippen MR) is 59.9 cm³/mol. The highest BCUT2D eigenvalue weighted by Crippen LogP contribution is 2.05. The third-order valence-corrected chi connectivity index (χ3v) is 1.24. The molecule has 0 N–H and O–H groups in total. The molecule has 0 aliphatic carbocycles. The van der Waals surface area contributed by atoms with Crippen LogP contribution in [0.3, 0.4) is 0 Å². The second-order valence-electron chi connectivity index (χ2n) is 2.00. The maximum absolute atomic E-state index is 10.4. The van der Waals surface area contributed by atoms with Gasteiger partial charge in [0, 0.05) is 6.42 Å². The smallest absolute Gasteiger partial charge is 0.226 e. The molecule has 0 atom stereocenters. The fraction of sp³-hybridized carbons (Fsp3) is 0.364. The van der Waals surface area contributed by atoms with Crippen LogP contribution in [-0.2, 0) is 4.79 Å². The van der Waals surface area contributed by atoms with Gasteiger partial charge >= 0.3 is 0 Å². The third kappa shape index (κ3) is 11.2. The molecule has 0 aromatic rings. The van der Waals surface area contributed by atoms with Gasteiger partial charge in [0.2, 0.25) is 5.24 Å². The van der Waals surface area contributed by atoms with Crippen LogP contribution in [0.15, 0.2) is 36.5 Å². The van der Waals surface area contributed by atoms with Gasteiger partial charge < -0.3 is 0 Å². The minimum absolute atomic E-state index is 0.245. The summed E-state index contributed by atoms with van der Waals surface area (Å²) < 4.78 is 0. The van der Waals surface area contributed by atoms with Crippen molar-refractivity contribution in [3.05, 3.63) is 36.5 Å². The standard InChI is InChI=1S/C9H11ClO.C2H6/c1-3-5-6-8(4-2)7-9(10)11;1-2/h3-6H,2,7H2,1H3;1-2H3/b5-3-,8-6+;. The summed E-state index contributed by atoms with van der Waals surface area (Å²) in [7, 11) is 0. The fourth-order valence-corrected chi connectivity index (χ4v) is 0.734. The lowest BCUT2D eigenvalue weighted by Gasteiger charge is -1.92. The van der Waals surface area contributed by atoms with E-state index in [0.717, 1.165) is 5.57 Å². The van der Waals surface area contributed by atoms with Crippen molar-refractivity contribution >= 4 is 16.8 Å². The Kier molecular flexibility index (Phi) is 12.6. The second kappa shape index (κ2) is 11.2. The van der Waals surface area contributed by atoms with E-state index in [9.17, 15) is 4.79 Å². The van der Waals surface area contributed by atoms with Gasteiger partial charge in [-0.3, -0.25) is 4.79 Å². The number of halogens is 1. The van der Waals surface area contributed by atoms with Crippen LogP contribution in [0, 0.1) is 0 Å². The van der Waals surface area contributed by atoms with Crippen LogP contribution in [0.4, 0.5) is 0 Å². The van der Waals surface area contributed by atoms with Gasteiger partial charge in [-0.25, -0.2) is 0 Å². The van der Waals surface area contributed by atoms with Crippen molar-refractivity contribution < 1.29 is 4.79 Å². The molecule has 0 radical (unpaired) electrons. The fourth-order valence-electron chi connectivity index (χ4n) is 0.579. The molecule has 0 rings (SSSR count). The quantitative estimate of drug-likeness (QED) is 0.498. The summed E-state index contributed by atoms with van der Waals surface area (Å²) in [6.45, 7) is 9.46. The van der Waals surface area contributed by atoms with E-state index >= 15 is 0 Å². The molecular weight excluding hydrogens is 184 g/mol. The number of rotatable bonds is 4. The highest BCUT2D eigenvalue weighted by atomic mass is 35.5. The Balaban J connectivity index is 0. The summed E-state index contributed by atoms with van der Waals surface area (Å²) in [5.74, 6) is 0. The Morgan fingerprint density at radius 1 is 1.46 bits per heavy atom. The largest absolute Gasteiger partial charge is 0.281 e.